The summed E-state index contributed by atoms with van der Waals surface area (Å²) in [4.78, 5) is 47.2. The van der Waals surface area contributed by atoms with E-state index < -0.39 is 23.4 Å². The Bertz CT molecular complexity index is 650. The van der Waals surface area contributed by atoms with Gasteiger partial charge < -0.3 is 24.8 Å². The molecule has 0 radical (unpaired) electrons. The highest BCUT2D eigenvalue weighted by molar-refractivity contribution is 8.13. The van der Waals surface area contributed by atoms with Crippen molar-refractivity contribution in [2.24, 2.45) is 5.41 Å². The topological polar surface area (TPSA) is 120 Å². The number of nitrogens with one attached hydrogen (secondary N) is 2. The Hall–Kier alpha value is -1.65. The predicted octanol–water partition coefficient (Wildman–Crippen LogP) is 0.752. The van der Waals surface area contributed by atoms with Gasteiger partial charge >= 0.3 is 5.97 Å². The normalized spacial score (nSPS) is 25.2. The number of carbonyl (C=O) groups is 4. The van der Waals surface area contributed by atoms with Gasteiger partial charge in [-0.25, -0.2) is 0 Å². The van der Waals surface area contributed by atoms with Gasteiger partial charge in [0.05, 0.1) is 6.61 Å². The summed E-state index contributed by atoms with van der Waals surface area (Å²) in [6.07, 6.45) is -0.520. The van der Waals surface area contributed by atoms with Gasteiger partial charge in [-0.3, -0.25) is 19.2 Å². The Kier molecular flexibility index (Phi) is 8.07. The zero-order valence-corrected chi connectivity index (χ0v) is 18.2. The first-order valence-electron chi connectivity index (χ1n) is 9.72. The van der Waals surface area contributed by atoms with Crippen molar-refractivity contribution >= 4 is 34.7 Å². The largest absolute Gasteiger partial charge is 0.453 e. The van der Waals surface area contributed by atoms with Gasteiger partial charge in [0.1, 0.15) is 6.10 Å². The van der Waals surface area contributed by atoms with E-state index in [9.17, 15) is 19.2 Å². The second kappa shape index (κ2) is 9.90. The molecule has 164 valence electrons. The number of amides is 2. The van der Waals surface area contributed by atoms with Crippen LogP contribution in [0.3, 0.4) is 0 Å². The highest BCUT2D eigenvalue weighted by atomic mass is 32.2. The third kappa shape index (κ3) is 7.27. The number of hydrogen-bond acceptors (Lipinski definition) is 8. The van der Waals surface area contributed by atoms with E-state index in [0.717, 1.165) is 11.8 Å². The van der Waals surface area contributed by atoms with E-state index in [-0.39, 0.29) is 42.3 Å². The second-order valence-electron chi connectivity index (χ2n) is 8.25. The molecule has 2 aliphatic heterocycles. The number of rotatable bonds is 8. The Morgan fingerprint density at radius 2 is 1.86 bits per heavy atom. The molecular weight excluding hydrogens is 400 g/mol. The van der Waals surface area contributed by atoms with E-state index in [1.165, 1.54) is 0 Å². The zero-order chi connectivity index (χ0) is 21.7. The van der Waals surface area contributed by atoms with E-state index >= 15 is 0 Å². The number of cyclic esters (lactones) is 1. The fourth-order valence-electron chi connectivity index (χ4n) is 2.93. The van der Waals surface area contributed by atoms with Gasteiger partial charge in [-0.15, -0.1) is 0 Å². The van der Waals surface area contributed by atoms with Crippen molar-refractivity contribution < 1.29 is 33.4 Å². The third-order valence-electron chi connectivity index (χ3n) is 4.61. The first-order chi connectivity index (χ1) is 13.5. The summed E-state index contributed by atoms with van der Waals surface area (Å²) >= 11 is 1.04. The van der Waals surface area contributed by atoms with Crippen LogP contribution < -0.4 is 10.6 Å². The van der Waals surface area contributed by atoms with E-state index in [2.05, 4.69) is 10.6 Å². The molecule has 0 aliphatic carbocycles. The summed E-state index contributed by atoms with van der Waals surface area (Å²) in [7, 11) is 0. The van der Waals surface area contributed by atoms with E-state index in [0.29, 0.717) is 25.3 Å². The third-order valence-corrected chi connectivity index (χ3v) is 5.56. The first kappa shape index (κ1) is 23.6. The van der Waals surface area contributed by atoms with Crippen LogP contribution in [0.5, 0.6) is 0 Å². The minimum absolute atomic E-state index is 0.123. The van der Waals surface area contributed by atoms with Crippen molar-refractivity contribution in [3.05, 3.63) is 0 Å². The summed E-state index contributed by atoms with van der Waals surface area (Å²) in [5, 5.41) is 5.24. The molecule has 29 heavy (non-hydrogen) atoms. The lowest BCUT2D eigenvalue weighted by atomic mass is 9.85. The molecule has 0 bridgehead atoms. The highest BCUT2D eigenvalue weighted by Crippen LogP contribution is 2.34. The van der Waals surface area contributed by atoms with Gasteiger partial charge in [0.2, 0.25) is 16.9 Å². The van der Waals surface area contributed by atoms with Gasteiger partial charge in [0.15, 0.2) is 11.9 Å². The monoisotopic (exact) mass is 430 g/mol. The summed E-state index contributed by atoms with van der Waals surface area (Å²) in [6.45, 7) is 8.20. The standard InChI is InChI=1S/C19H30N2O7S/c1-18(2)11-26-19(3,4)28-15(18)16(24)21-8-7-13(22)20-9-10-29-17(25)12-5-6-14(23)27-12/h12,15H,5-11H2,1-4H3,(H,20,22)(H,21,24)/t12?,15-/m1/s1. The Morgan fingerprint density at radius 1 is 1.14 bits per heavy atom. The lowest BCUT2D eigenvalue weighted by molar-refractivity contribution is -0.304. The number of esters is 1. The minimum Gasteiger partial charge on any atom is -0.453 e. The molecule has 2 amide bonds. The molecule has 2 aliphatic rings. The summed E-state index contributed by atoms with van der Waals surface area (Å²) < 4.78 is 16.3. The molecule has 2 rings (SSSR count). The fraction of sp³-hybridized carbons (Fsp3) is 0.789. The van der Waals surface area contributed by atoms with Gasteiger partial charge in [0, 0.05) is 43.5 Å². The SMILES string of the molecule is CC1(C)OCC(C)(C)[C@@H](C(=O)NCCC(=O)NCCSC(=O)C2CCC(=O)O2)O1. The highest BCUT2D eigenvalue weighted by Gasteiger charge is 2.45. The van der Waals surface area contributed by atoms with Crippen molar-refractivity contribution in [2.45, 2.75) is 65.0 Å². The number of hydrogen-bond donors (Lipinski definition) is 2. The zero-order valence-electron chi connectivity index (χ0n) is 17.4. The molecule has 0 saturated carbocycles. The van der Waals surface area contributed by atoms with Crippen molar-refractivity contribution in [1.82, 2.24) is 10.6 Å². The van der Waals surface area contributed by atoms with Crippen molar-refractivity contribution in [1.29, 1.82) is 0 Å². The van der Waals surface area contributed by atoms with Crippen LogP contribution in [0.4, 0.5) is 0 Å². The van der Waals surface area contributed by atoms with Crippen LogP contribution in [0.1, 0.15) is 47.0 Å². The maximum atomic E-state index is 12.5. The smallest absolute Gasteiger partial charge is 0.306 e. The van der Waals surface area contributed by atoms with Crippen molar-refractivity contribution in [3.8, 4) is 0 Å². The van der Waals surface area contributed by atoms with Crippen LogP contribution >= 0.6 is 11.8 Å². The minimum atomic E-state index is -0.833. The van der Waals surface area contributed by atoms with Crippen LogP contribution in [0, 0.1) is 5.41 Å². The molecule has 9 nitrogen and oxygen atoms in total. The Morgan fingerprint density at radius 3 is 2.52 bits per heavy atom. The molecule has 0 spiro atoms. The molecular formula is C19H30N2O7S. The van der Waals surface area contributed by atoms with Gasteiger partial charge in [-0.05, 0) is 13.8 Å². The molecule has 1 unspecified atom stereocenters. The van der Waals surface area contributed by atoms with Gasteiger partial charge in [0.25, 0.3) is 0 Å². The van der Waals surface area contributed by atoms with Crippen LogP contribution in [0.2, 0.25) is 0 Å². The number of thioether (sulfide) groups is 1. The molecule has 2 fully saturated rings. The van der Waals surface area contributed by atoms with E-state index in [1.807, 2.05) is 13.8 Å². The van der Waals surface area contributed by atoms with Gasteiger partial charge in [-0.2, -0.15) is 0 Å². The molecule has 0 aromatic carbocycles. The van der Waals surface area contributed by atoms with Crippen molar-refractivity contribution in [3.63, 3.8) is 0 Å². The van der Waals surface area contributed by atoms with Crippen LogP contribution in [0.15, 0.2) is 0 Å². The number of carbonyl (C=O) groups excluding carboxylic acids is 4. The maximum absolute atomic E-state index is 12.5. The lowest BCUT2D eigenvalue weighted by Crippen LogP contribution is -2.56. The first-order valence-corrected chi connectivity index (χ1v) is 10.7. The van der Waals surface area contributed by atoms with Crippen LogP contribution in [0.25, 0.3) is 0 Å². The summed E-state index contributed by atoms with van der Waals surface area (Å²) in [5.74, 6) is -1.28. The maximum Gasteiger partial charge on any atom is 0.306 e. The molecule has 2 heterocycles. The van der Waals surface area contributed by atoms with Crippen molar-refractivity contribution in [2.75, 3.05) is 25.4 Å². The lowest BCUT2D eigenvalue weighted by Gasteiger charge is -2.44. The average molecular weight is 431 g/mol. The van der Waals surface area contributed by atoms with Crippen LogP contribution in [-0.4, -0.2) is 66.3 Å². The Balaban J connectivity index is 1.61. The van der Waals surface area contributed by atoms with Crippen LogP contribution in [-0.2, 0) is 33.4 Å². The number of ether oxygens (including phenoxy) is 3. The average Bonchev–Trinajstić information content (AvgIpc) is 3.07. The molecule has 2 N–H and O–H groups in total. The van der Waals surface area contributed by atoms with E-state index in [4.69, 9.17) is 14.2 Å². The molecule has 0 aromatic heterocycles. The second-order valence-corrected chi connectivity index (χ2v) is 9.35. The van der Waals surface area contributed by atoms with Gasteiger partial charge in [-0.1, -0.05) is 25.6 Å². The predicted molar refractivity (Wildman–Crippen MR) is 106 cm³/mol. The summed E-state index contributed by atoms with van der Waals surface area (Å²) in [5.41, 5.74) is -0.473. The molecule has 10 heteroatoms. The quantitative estimate of drug-likeness (QED) is 0.428. The summed E-state index contributed by atoms with van der Waals surface area (Å²) in [6, 6.07) is 0. The molecule has 2 saturated heterocycles. The Labute approximate surface area is 175 Å². The van der Waals surface area contributed by atoms with E-state index in [1.54, 1.807) is 13.8 Å². The molecule has 2 atom stereocenters. The fourth-order valence-corrected chi connectivity index (χ4v) is 3.69. The molecule has 0 aromatic rings.